The van der Waals surface area contributed by atoms with Crippen molar-refractivity contribution in [2.24, 2.45) is 5.92 Å². The molecule has 0 amide bonds. The molecule has 0 radical (unpaired) electrons. The number of aromatic nitrogens is 1. The summed E-state index contributed by atoms with van der Waals surface area (Å²) in [6.45, 7) is 4.23. The molecular formula is C21H21NO. The Balaban J connectivity index is 1.93. The summed E-state index contributed by atoms with van der Waals surface area (Å²) in [6, 6.07) is 14.9. The van der Waals surface area contributed by atoms with Crippen molar-refractivity contribution in [1.29, 1.82) is 0 Å². The number of benzene rings is 2. The highest BCUT2D eigenvalue weighted by atomic mass is 16.1. The van der Waals surface area contributed by atoms with Gasteiger partial charge in [-0.3, -0.25) is 4.79 Å². The molecule has 1 aromatic heterocycles. The number of hydrogen-bond acceptors (Lipinski definition) is 1. The van der Waals surface area contributed by atoms with E-state index in [1.165, 1.54) is 11.1 Å². The Kier molecular flexibility index (Phi) is 3.33. The predicted octanol–water partition coefficient (Wildman–Crippen LogP) is 5.30. The van der Waals surface area contributed by atoms with Crippen molar-refractivity contribution >= 4 is 16.7 Å². The van der Waals surface area contributed by atoms with Crippen LogP contribution in [-0.2, 0) is 6.42 Å². The van der Waals surface area contributed by atoms with Crippen LogP contribution in [0.5, 0.6) is 0 Å². The van der Waals surface area contributed by atoms with E-state index in [2.05, 4.69) is 61.3 Å². The Hall–Kier alpha value is -2.35. The van der Waals surface area contributed by atoms with E-state index in [-0.39, 0.29) is 5.92 Å². The summed E-state index contributed by atoms with van der Waals surface area (Å²) >= 11 is 0. The summed E-state index contributed by atoms with van der Waals surface area (Å²) in [6.07, 6.45) is 3.09. The third kappa shape index (κ3) is 2.48. The van der Waals surface area contributed by atoms with Crippen molar-refractivity contribution in [3.63, 3.8) is 0 Å². The topological polar surface area (TPSA) is 32.9 Å². The zero-order valence-electron chi connectivity index (χ0n) is 13.6. The molecule has 1 saturated carbocycles. The second-order valence-corrected chi connectivity index (χ2v) is 6.61. The summed E-state index contributed by atoms with van der Waals surface area (Å²) in [7, 11) is 0. The standard InChI is InChI=1S/C21H21NO/c1-3-14-5-7-15(8-6-14)20-19(21(23)16-9-10-16)17-12-13(2)4-11-18(17)22-20/h4-8,11-12,16,22H,3,9-10H2,1-2H3. The first-order valence-corrected chi connectivity index (χ1v) is 8.43. The van der Waals surface area contributed by atoms with E-state index in [0.29, 0.717) is 5.78 Å². The van der Waals surface area contributed by atoms with Crippen molar-refractivity contribution < 1.29 is 4.79 Å². The van der Waals surface area contributed by atoms with Crippen molar-refractivity contribution in [2.45, 2.75) is 33.1 Å². The van der Waals surface area contributed by atoms with Crippen LogP contribution in [-0.4, -0.2) is 10.8 Å². The average Bonchev–Trinajstić information content (AvgIpc) is 3.35. The van der Waals surface area contributed by atoms with Gasteiger partial charge < -0.3 is 4.98 Å². The van der Waals surface area contributed by atoms with Gasteiger partial charge in [0.1, 0.15) is 0 Å². The number of fused-ring (bicyclic) bond motifs is 1. The third-order valence-corrected chi connectivity index (χ3v) is 4.80. The van der Waals surface area contributed by atoms with Crippen LogP contribution in [0.15, 0.2) is 42.5 Å². The molecule has 2 heteroatoms. The minimum absolute atomic E-state index is 0.225. The molecule has 2 aromatic carbocycles. The van der Waals surface area contributed by atoms with Gasteiger partial charge >= 0.3 is 0 Å². The van der Waals surface area contributed by atoms with Gasteiger partial charge in [-0.2, -0.15) is 0 Å². The molecule has 116 valence electrons. The summed E-state index contributed by atoms with van der Waals surface area (Å²) in [5.41, 5.74) is 6.51. The second-order valence-electron chi connectivity index (χ2n) is 6.61. The number of carbonyl (C=O) groups excluding carboxylic acids is 1. The molecule has 1 fully saturated rings. The summed E-state index contributed by atoms with van der Waals surface area (Å²) < 4.78 is 0. The summed E-state index contributed by atoms with van der Waals surface area (Å²) in [5, 5.41) is 1.07. The highest BCUT2D eigenvalue weighted by molar-refractivity contribution is 6.14. The lowest BCUT2D eigenvalue weighted by Gasteiger charge is -2.05. The van der Waals surface area contributed by atoms with Crippen LogP contribution in [0.1, 0.15) is 41.3 Å². The third-order valence-electron chi connectivity index (χ3n) is 4.80. The fraction of sp³-hybridized carbons (Fsp3) is 0.286. The largest absolute Gasteiger partial charge is 0.354 e. The van der Waals surface area contributed by atoms with E-state index in [0.717, 1.165) is 47.0 Å². The molecule has 0 spiro atoms. The minimum atomic E-state index is 0.225. The molecule has 4 rings (SSSR count). The van der Waals surface area contributed by atoms with Crippen LogP contribution in [0.4, 0.5) is 0 Å². The second kappa shape index (κ2) is 5.38. The van der Waals surface area contributed by atoms with Gasteiger partial charge in [0, 0.05) is 16.8 Å². The molecule has 1 N–H and O–H groups in total. The first-order valence-electron chi connectivity index (χ1n) is 8.43. The Morgan fingerprint density at radius 3 is 2.52 bits per heavy atom. The van der Waals surface area contributed by atoms with Crippen LogP contribution in [0.3, 0.4) is 0 Å². The molecule has 0 aliphatic heterocycles. The maximum atomic E-state index is 12.9. The lowest BCUT2D eigenvalue weighted by atomic mass is 9.98. The maximum Gasteiger partial charge on any atom is 0.168 e. The molecule has 1 aliphatic carbocycles. The SMILES string of the molecule is CCc1ccc(-c2[nH]c3ccc(C)cc3c2C(=O)C2CC2)cc1. The number of ketones is 1. The number of aromatic amines is 1. The highest BCUT2D eigenvalue weighted by Gasteiger charge is 2.33. The normalized spacial score (nSPS) is 14.3. The Morgan fingerprint density at radius 2 is 1.87 bits per heavy atom. The van der Waals surface area contributed by atoms with Gasteiger partial charge in [-0.25, -0.2) is 0 Å². The molecule has 1 aliphatic rings. The van der Waals surface area contributed by atoms with Crippen LogP contribution in [0.2, 0.25) is 0 Å². The molecule has 1 heterocycles. The lowest BCUT2D eigenvalue weighted by molar-refractivity contribution is 0.0970. The first-order chi connectivity index (χ1) is 11.2. The Labute approximate surface area is 136 Å². The summed E-state index contributed by atoms with van der Waals surface area (Å²) in [4.78, 5) is 16.4. The van der Waals surface area contributed by atoms with Gasteiger partial charge in [0.2, 0.25) is 0 Å². The van der Waals surface area contributed by atoms with Crippen LogP contribution < -0.4 is 0 Å². The van der Waals surface area contributed by atoms with Gasteiger partial charge in [-0.05, 0) is 49.4 Å². The molecule has 0 saturated heterocycles. The van der Waals surface area contributed by atoms with Crippen LogP contribution in [0.25, 0.3) is 22.2 Å². The fourth-order valence-electron chi connectivity index (χ4n) is 3.23. The van der Waals surface area contributed by atoms with Crippen molar-refractivity contribution in [3.05, 3.63) is 59.2 Å². The van der Waals surface area contributed by atoms with Gasteiger partial charge in [-0.1, -0.05) is 42.8 Å². The molecule has 3 aromatic rings. The van der Waals surface area contributed by atoms with Gasteiger partial charge in [0.05, 0.1) is 11.3 Å². The Bertz CT molecular complexity index is 882. The molecule has 0 bridgehead atoms. The first kappa shape index (κ1) is 14.3. The number of nitrogens with one attached hydrogen (secondary N) is 1. The quantitative estimate of drug-likeness (QED) is 0.652. The van der Waals surface area contributed by atoms with Gasteiger partial charge in [0.25, 0.3) is 0 Å². The van der Waals surface area contributed by atoms with E-state index in [4.69, 9.17) is 0 Å². The van der Waals surface area contributed by atoms with Crippen LogP contribution in [0, 0.1) is 12.8 Å². The number of Topliss-reactive ketones (excluding diaryl/α,β-unsaturated/α-hetero) is 1. The Morgan fingerprint density at radius 1 is 1.13 bits per heavy atom. The van der Waals surface area contributed by atoms with Crippen molar-refractivity contribution in [3.8, 4) is 11.3 Å². The van der Waals surface area contributed by atoms with E-state index in [1.807, 2.05) is 0 Å². The number of aryl methyl sites for hydroxylation is 2. The summed E-state index contributed by atoms with van der Waals surface area (Å²) in [5.74, 6) is 0.527. The van der Waals surface area contributed by atoms with E-state index < -0.39 is 0 Å². The van der Waals surface area contributed by atoms with Crippen molar-refractivity contribution in [1.82, 2.24) is 4.98 Å². The lowest BCUT2D eigenvalue weighted by Crippen LogP contribution is -2.02. The van der Waals surface area contributed by atoms with Gasteiger partial charge in [-0.15, -0.1) is 0 Å². The molecular weight excluding hydrogens is 282 g/mol. The zero-order chi connectivity index (χ0) is 16.0. The van der Waals surface area contributed by atoms with Crippen molar-refractivity contribution in [2.75, 3.05) is 0 Å². The predicted molar refractivity (Wildman–Crippen MR) is 94.9 cm³/mol. The van der Waals surface area contributed by atoms with Gasteiger partial charge in [0.15, 0.2) is 5.78 Å². The van der Waals surface area contributed by atoms with E-state index >= 15 is 0 Å². The molecule has 23 heavy (non-hydrogen) atoms. The van der Waals surface area contributed by atoms with E-state index in [9.17, 15) is 4.79 Å². The molecule has 2 nitrogen and oxygen atoms in total. The number of carbonyl (C=O) groups is 1. The fourth-order valence-corrected chi connectivity index (χ4v) is 3.23. The minimum Gasteiger partial charge on any atom is -0.354 e. The highest BCUT2D eigenvalue weighted by Crippen LogP contribution is 2.39. The molecule has 0 unspecified atom stereocenters. The van der Waals surface area contributed by atoms with E-state index in [1.54, 1.807) is 0 Å². The van der Waals surface area contributed by atoms with Crippen LogP contribution >= 0.6 is 0 Å². The molecule has 0 atom stereocenters. The zero-order valence-corrected chi connectivity index (χ0v) is 13.6. The number of rotatable bonds is 4. The smallest absolute Gasteiger partial charge is 0.168 e. The number of hydrogen-bond donors (Lipinski definition) is 1. The maximum absolute atomic E-state index is 12.9. The average molecular weight is 303 g/mol. The monoisotopic (exact) mass is 303 g/mol. The number of H-pyrrole nitrogens is 1.